The number of amides is 2. The highest BCUT2D eigenvalue weighted by Crippen LogP contribution is 2.31. The maximum Gasteiger partial charge on any atom is 0.258 e. The van der Waals surface area contributed by atoms with Crippen molar-refractivity contribution in [3.8, 4) is 0 Å². The molecule has 1 saturated carbocycles. The standard InChI is InChI=1S/C24H28N2O2/c1-17-6-9-21(10-7-17)24(28)26-13-12-20-11-8-19(14-22(20)26)16-25-23(27)15-18-4-2-3-5-18/h6-11,14,18H,2-5,12-13,15-16H2,1H3,(H,25,27). The van der Waals surface area contributed by atoms with Crippen molar-refractivity contribution in [2.45, 2.75) is 52.0 Å². The summed E-state index contributed by atoms with van der Waals surface area (Å²) >= 11 is 0. The summed E-state index contributed by atoms with van der Waals surface area (Å²) in [5.41, 5.74) is 5.08. The summed E-state index contributed by atoms with van der Waals surface area (Å²) in [6, 6.07) is 13.9. The minimum atomic E-state index is 0.0427. The van der Waals surface area contributed by atoms with Crippen LogP contribution < -0.4 is 10.2 Å². The van der Waals surface area contributed by atoms with E-state index in [0.29, 0.717) is 31.0 Å². The quantitative estimate of drug-likeness (QED) is 0.841. The van der Waals surface area contributed by atoms with Crippen LogP contribution in [0.1, 0.15) is 59.2 Å². The number of benzene rings is 2. The first-order chi connectivity index (χ1) is 13.6. The molecule has 0 spiro atoms. The highest BCUT2D eigenvalue weighted by atomic mass is 16.2. The van der Waals surface area contributed by atoms with Crippen molar-refractivity contribution in [3.05, 3.63) is 64.7 Å². The molecule has 1 aliphatic heterocycles. The fourth-order valence-corrected chi connectivity index (χ4v) is 4.35. The third-order valence-corrected chi connectivity index (χ3v) is 6.03. The monoisotopic (exact) mass is 376 g/mol. The number of carbonyl (C=O) groups is 2. The average molecular weight is 377 g/mol. The molecule has 2 aromatic rings. The summed E-state index contributed by atoms with van der Waals surface area (Å²) in [4.78, 5) is 27.0. The van der Waals surface area contributed by atoms with Crippen LogP contribution in [0.2, 0.25) is 0 Å². The first-order valence-corrected chi connectivity index (χ1v) is 10.4. The Morgan fingerprint density at radius 3 is 2.57 bits per heavy atom. The number of nitrogens with one attached hydrogen (secondary N) is 1. The minimum Gasteiger partial charge on any atom is -0.352 e. The molecule has 1 N–H and O–H groups in total. The number of rotatable bonds is 5. The van der Waals surface area contributed by atoms with Crippen LogP contribution in [0.3, 0.4) is 0 Å². The molecule has 1 aliphatic carbocycles. The van der Waals surface area contributed by atoms with Crippen molar-refractivity contribution in [3.63, 3.8) is 0 Å². The van der Waals surface area contributed by atoms with Crippen LogP contribution in [0.4, 0.5) is 5.69 Å². The lowest BCUT2D eigenvalue weighted by atomic mass is 10.0. The van der Waals surface area contributed by atoms with Gasteiger partial charge in [0, 0.05) is 30.8 Å². The number of anilines is 1. The number of fused-ring (bicyclic) bond motifs is 1. The van der Waals surface area contributed by atoms with Gasteiger partial charge in [0.25, 0.3) is 5.91 Å². The molecule has 0 radical (unpaired) electrons. The normalized spacial score (nSPS) is 16.2. The second-order valence-electron chi connectivity index (χ2n) is 8.17. The second kappa shape index (κ2) is 8.17. The molecule has 146 valence electrons. The Morgan fingerprint density at radius 2 is 1.82 bits per heavy atom. The van der Waals surface area contributed by atoms with Gasteiger partial charge in [-0.3, -0.25) is 9.59 Å². The van der Waals surface area contributed by atoms with Gasteiger partial charge in [-0.05, 0) is 61.4 Å². The molecule has 28 heavy (non-hydrogen) atoms. The van der Waals surface area contributed by atoms with Crippen LogP contribution in [-0.4, -0.2) is 18.4 Å². The lowest BCUT2D eigenvalue weighted by Gasteiger charge is -2.18. The molecule has 0 aromatic heterocycles. The summed E-state index contributed by atoms with van der Waals surface area (Å²) in [5, 5.41) is 3.06. The zero-order valence-electron chi connectivity index (χ0n) is 16.5. The highest BCUT2D eigenvalue weighted by Gasteiger charge is 2.26. The molecule has 2 amide bonds. The number of carbonyl (C=O) groups excluding carboxylic acids is 2. The van der Waals surface area contributed by atoms with E-state index in [1.54, 1.807) is 0 Å². The molecule has 0 saturated heterocycles. The van der Waals surface area contributed by atoms with Gasteiger partial charge in [0.05, 0.1) is 0 Å². The van der Waals surface area contributed by atoms with Gasteiger partial charge in [0.15, 0.2) is 0 Å². The van der Waals surface area contributed by atoms with Crippen molar-refractivity contribution in [2.75, 3.05) is 11.4 Å². The fraction of sp³-hybridized carbons (Fsp3) is 0.417. The van der Waals surface area contributed by atoms with Crippen molar-refractivity contribution in [1.82, 2.24) is 5.32 Å². The molecule has 2 aromatic carbocycles. The van der Waals surface area contributed by atoms with E-state index in [1.165, 1.54) is 31.2 Å². The Labute approximate surface area is 166 Å². The zero-order valence-corrected chi connectivity index (χ0v) is 16.5. The van der Waals surface area contributed by atoms with E-state index in [4.69, 9.17) is 0 Å². The molecule has 4 rings (SSSR count). The molecular weight excluding hydrogens is 348 g/mol. The van der Waals surface area contributed by atoms with E-state index in [-0.39, 0.29) is 11.8 Å². The number of aryl methyl sites for hydroxylation is 1. The van der Waals surface area contributed by atoms with Crippen molar-refractivity contribution >= 4 is 17.5 Å². The molecule has 1 fully saturated rings. The van der Waals surface area contributed by atoms with Crippen molar-refractivity contribution in [1.29, 1.82) is 0 Å². The Hall–Kier alpha value is -2.62. The SMILES string of the molecule is Cc1ccc(C(=O)N2CCc3ccc(CNC(=O)CC4CCCC4)cc32)cc1. The van der Waals surface area contributed by atoms with Gasteiger partial charge in [0.1, 0.15) is 0 Å². The van der Waals surface area contributed by atoms with Crippen LogP contribution in [0.5, 0.6) is 0 Å². The predicted molar refractivity (Wildman–Crippen MR) is 111 cm³/mol. The smallest absolute Gasteiger partial charge is 0.258 e. The van der Waals surface area contributed by atoms with Gasteiger partial charge in [-0.25, -0.2) is 0 Å². The van der Waals surface area contributed by atoms with E-state index in [0.717, 1.165) is 23.2 Å². The van der Waals surface area contributed by atoms with Crippen LogP contribution >= 0.6 is 0 Å². The predicted octanol–water partition coefficient (Wildman–Crippen LogP) is 4.39. The van der Waals surface area contributed by atoms with E-state index in [1.807, 2.05) is 36.1 Å². The maximum atomic E-state index is 12.9. The Balaban J connectivity index is 1.42. The van der Waals surface area contributed by atoms with E-state index < -0.39 is 0 Å². The van der Waals surface area contributed by atoms with E-state index >= 15 is 0 Å². The lowest BCUT2D eigenvalue weighted by molar-refractivity contribution is -0.122. The average Bonchev–Trinajstić information content (AvgIpc) is 3.35. The third-order valence-electron chi connectivity index (χ3n) is 6.03. The van der Waals surface area contributed by atoms with Crippen LogP contribution in [0.15, 0.2) is 42.5 Å². The third kappa shape index (κ3) is 4.11. The van der Waals surface area contributed by atoms with Gasteiger partial charge in [0.2, 0.25) is 5.91 Å². The van der Waals surface area contributed by atoms with Crippen LogP contribution in [-0.2, 0) is 17.8 Å². The lowest BCUT2D eigenvalue weighted by Crippen LogP contribution is -2.29. The molecule has 2 aliphatic rings. The Bertz CT molecular complexity index is 867. The number of hydrogen-bond donors (Lipinski definition) is 1. The minimum absolute atomic E-state index is 0.0427. The second-order valence-corrected chi connectivity index (χ2v) is 8.17. The summed E-state index contributed by atoms with van der Waals surface area (Å²) in [7, 11) is 0. The largest absolute Gasteiger partial charge is 0.352 e. The topological polar surface area (TPSA) is 49.4 Å². The summed E-state index contributed by atoms with van der Waals surface area (Å²) in [5.74, 6) is 0.740. The zero-order chi connectivity index (χ0) is 19.5. The van der Waals surface area contributed by atoms with Crippen LogP contribution in [0, 0.1) is 12.8 Å². The fourth-order valence-electron chi connectivity index (χ4n) is 4.35. The van der Waals surface area contributed by atoms with Crippen LogP contribution in [0.25, 0.3) is 0 Å². The molecule has 0 bridgehead atoms. The van der Waals surface area contributed by atoms with Gasteiger partial charge in [-0.15, -0.1) is 0 Å². The van der Waals surface area contributed by atoms with E-state index in [2.05, 4.69) is 23.5 Å². The van der Waals surface area contributed by atoms with E-state index in [9.17, 15) is 9.59 Å². The molecule has 4 heteroatoms. The molecular formula is C24H28N2O2. The van der Waals surface area contributed by atoms with Gasteiger partial charge in [-0.1, -0.05) is 42.7 Å². The van der Waals surface area contributed by atoms with Gasteiger partial charge >= 0.3 is 0 Å². The van der Waals surface area contributed by atoms with Crippen molar-refractivity contribution < 1.29 is 9.59 Å². The molecule has 4 nitrogen and oxygen atoms in total. The molecule has 0 unspecified atom stereocenters. The first-order valence-electron chi connectivity index (χ1n) is 10.4. The Kier molecular flexibility index (Phi) is 5.47. The number of nitrogens with zero attached hydrogens (tertiary/aromatic N) is 1. The molecule has 1 heterocycles. The molecule has 0 atom stereocenters. The summed E-state index contributed by atoms with van der Waals surface area (Å²) in [6.45, 7) is 3.25. The number of hydrogen-bond acceptors (Lipinski definition) is 2. The maximum absolute atomic E-state index is 12.9. The first kappa shape index (κ1) is 18.7. The highest BCUT2D eigenvalue weighted by molar-refractivity contribution is 6.07. The summed E-state index contributed by atoms with van der Waals surface area (Å²) < 4.78 is 0. The van der Waals surface area contributed by atoms with Gasteiger partial charge < -0.3 is 10.2 Å². The van der Waals surface area contributed by atoms with Gasteiger partial charge in [-0.2, -0.15) is 0 Å². The van der Waals surface area contributed by atoms with Crippen molar-refractivity contribution in [2.24, 2.45) is 5.92 Å². The summed E-state index contributed by atoms with van der Waals surface area (Å²) in [6.07, 6.45) is 6.40. The Morgan fingerprint density at radius 1 is 1.07 bits per heavy atom.